The first-order valence-corrected chi connectivity index (χ1v) is 6.62. The van der Waals surface area contributed by atoms with Gasteiger partial charge in [-0.1, -0.05) is 0 Å². The molecule has 0 aliphatic carbocycles. The monoisotopic (exact) mass is 299 g/mol. The van der Waals surface area contributed by atoms with E-state index in [2.05, 4.69) is 10.6 Å². The van der Waals surface area contributed by atoms with Crippen LogP contribution < -0.4 is 10.6 Å². The molecule has 0 radical (unpaired) electrons. The number of anilines is 1. The maximum atomic E-state index is 13.7. The SMILES string of the molecule is O=C(CC1CCNCC1)Nc1c([N+](=O)[O-])ccc(F)c1F. The molecule has 2 N–H and O–H groups in total. The van der Waals surface area contributed by atoms with Crippen molar-refractivity contribution < 1.29 is 18.5 Å². The molecule has 1 aromatic rings. The van der Waals surface area contributed by atoms with Crippen LogP contribution in [-0.4, -0.2) is 23.9 Å². The Labute approximate surface area is 119 Å². The molecule has 0 saturated carbocycles. The lowest BCUT2D eigenvalue weighted by Gasteiger charge is -2.21. The van der Waals surface area contributed by atoms with E-state index in [1.807, 2.05) is 0 Å². The second-order valence-electron chi connectivity index (χ2n) is 4.96. The molecular formula is C13H15F2N3O3. The van der Waals surface area contributed by atoms with Crippen LogP contribution in [0.4, 0.5) is 20.2 Å². The van der Waals surface area contributed by atoms with Gasteiger partial charge in [0, 0.05) is 12.5 Å². The van der Waals surface area contributed by atoms with Gasteiger partial charge in [0.1, 0.15) is 0 Å². The Hall–Kier alpha value is -2.09. The maximum absolute atomic E-state index is 13.7. The molecule has 1 heterocycles. The number of nitro benzene ring substituents is 1. The van der Waals surface area contributed by atoms with Crippen molar-refractivity contribution in [1.29, 1.82) is 0 Å². The Morgan fingerprint density at radius 3 is 2.67 bits per heavy atom. The molecule has 114 valence electrons. The van der Waals surface area contributed by atoms with Crippen LogP contribution >= 0.6 is 0 Å². The molecule has 2 rings (SSSR count). The van der Waals surface area contributed by atoms with Crippen molar-refractivity contribution in [3.8, 4) is 0 Å². The fourth-order valence-corrected chi connectivity index (χ4v) is 2.35. The lowest BCUT2D eigenvalue weighted by atomic mass is 9.94. The summed E-state index contributed by atoms with van der Waals surface area (Å²) in [7, 11) is 0. The van der Waals surface area contributed by atoms with Crippen LogP contribution in [0.2, 0.25) is 0 Å². The van der Waals surface area contributed by atoms with E-state index in [1.165, 1.54) is 0 Å². The summed E-state index contributed by atoms with van der Waals surface area (Å²) in [5.41, 5.74) is -1.37. The summed E-state index contributed by atoms with van der Waals surface area (Å²) in [5, 5.41) is 16.1. The first-order chi connectivity index (χ1) is 9.99. The molecule has 0 spiro atoms. The van der Waals surface area contributed by atoms with Crippen LogP contribution in [-0.2, 0) is 4.79 Å². The van der Waals surface area contributed by atoms with Gasteiger partial charge in [-0.2, -0.15) is 0 Å². The highest BCUT2D eigenvalue weighted by molar-refractivity contribution is 5.93. The zero-order valence-electron chi connectivity index (χ0n) is 11.2. The van der Waals surface area contributed by atoms with Crippen LogP contribution in [0.1, 0.15) is 19.3 Å². The van der Waals surface area contributed by atoms with Gasteiger partial charge in [-0.25, -0.2) is 8.78 Å². The third-order valence-corrected chi connectivity index (χ3v) is 3.47. The summed E-state index contributed by atoms with van der Waals surface area (Å²) in [6.45, 7) is 1.60. The Morgan fingerprint density at radius 2 is 2.05 bits per heavy atom. The second kappa shape index (κ2) is 6.57. The van der Waals surface area contributed by atoms with Crippen molar-refractivity contribution in [2.45, 2.75) is 19.3 Å². The van der Waals surface area contributed by atoms with Gasteiger partial charge in [-0.15, -0.1) is 0 Å². The minimum absolute atomic E-state index is 0.134. The van der Waals surface area contributed by atoms with E-state index in [-0.39, 0.29) is 12.3 Å². The third kappa shape index (κ3) is 3.72. The number of carbonyl (C=O) groups is 1. The Bertz CT molecular complexity index is 560. The van der Waals surface area contributed by atoms with E-state index < -0.39 is 33.8 Å². The minimum atomic E-state index is -1.41. The molecular weight excluding hydrogens is 284 g/mol. The predicted molar refractivity (Wildman–Crippen MR) is 71.9 cm³/mol. The van der Waals surface area contributed by atoms with E-state index >= 15 is 0 Å². The smallest absolute Gasteiger partial charge is 0.296 e. The lowest BCUT2D eigenvalue weighted by Crippen LogP contribution is -2.30. The van der Waals surface area contributed by atoms with Crippen molar-refractivity contribution in [3.05, 3.63) is 33.9 Å². The van der Waals surface area contributed by atoms with Crippen LogP contribution in [0.25, 0.3) is 0 Å². The highest BCUT2D eigenvalue weighted by Gasteiger charge is 2.24. The summed E-state index contributed by atoms with van der Waals surface area (Å²) in [6.07, 6.45) is 1.75. The standard InChI is InChI=1S/C13H15F2N3O3/c14-9-1-2-10(18(20)21)13(12(9)15)17-11(19)7-8-3-5-16-6-4-8/h1-2,8,16H,3-7H2,(H,17,19). The highest BCUT2D eigenvalue weighted by atomic mass is 19.2. The van der Waals surface area contributed by atoms with Crippen molar-refractivity contribution in [2.24, 2.45) is 5.92 Å². The number of benzene rings is 1. The number of nitrogens with one attached hydrogen (secondary N) is 2. The van der Waals surface area contributed by atoms with Gasteiger partial charge in [0.15, 0.2) is 17.3 Å². The summed E-state index contributed by atoms with van der Waals surface area (Å²) in [6, 6.07) is 1.49. The normalized spacial score (nSPS) is 15.7. The molecule has 1 aliphatic rings. The minimum Gasteiger partial charge on any atom is -0.318 e. The van der Waals surface area contributed by atoms with Gasteiger partial charge in [-0.05, 0) is 37.9 Å². The zero-order chi connectivity index (χ0) is 15.4. The van der Waals surface area contributed by atoms with Gasteiger partial charge >= 0.3 is 0 Å². The highest BCUT2D eigenvalue weighted by Crippen LogP contribution is 2.29. The Morgan fingerprint density at radius 1 is 1.38 bits per heavy atom. The molecule has 0 atom stereocenters. The van der Waals surface area contributed by atoms with Crippen LogP contribution in [0, 0.1) is 27.7 Å². The fraction of sp³-hybridized carbons (Fsp3) is 0.462. The lowest BCUT2D eigenvalue weighted by molar-refractivity contribution is -0.384. The molecule has 0 aromatic heterocycles. The Kier molecular flexibility index (Phi) is 4.79. The van der Waals surface area contributed by atoms with Crippen LogP contribution in [0.5, 0.6) is 0 Å². The second-order valence-corrected chi connectivity index (χ2v) is 4.96. The number of piperidine rings is 1. The van der Waals surface area contributed by atoms with Crippen LogP contribution in [0.15, 0.2) is 12.1 Å². The maximum Gasteiger partial charge on any atom is 0.296 e. The zero-order valence-corrected chi connectivity index (χ0v) is 11.2. The first kappa shape index (κ1) is 15.3. The van der Waals surface area contributed by atoms with E-state index in [0.29, 0.717) is 6.07 Å². The average Bonchev–Trinajstić information content (AvgIpc) is 2.44. The van der Waals surface area contributed by atoms with Gasteiger partial charge in [-0.3, -0.25) is 14.9 Å². The van der Waals surface area contributed by atoms with Gasteiger partial charge < -0.3 is 10.6 Å². The van der Waals surface area contributed by atoms with E-state index in [9.17, 15) is 23.7 Å². The van der Waals surface area contributed by atoms with E-state index in [4.69, 9.17) is 0 Å². The average molecular weight is 299 g/mol. The van der Waals surface area contributed by atoms with Gasteiger partial charge in [0.25, 0.3) is 5.69 Å². The molecule has 1 aliphatic heterocycles. The summed E-state index contributed by atoms with van der Waals surface area (Å²) >= 11 is 0. The predicted octanol–water partition coefficient (Wildman–Crippen LogP) is 2.20. The van der Waals surface area contributed by atoms with E-state index in [1.54, 1.807) is 0 Å². The summed E-state index contributed by atoms with van der Waals surface area (Å²) < 4.78 is 26.8. The molecule has 0 unspecified atom stereocenters. The molecule has 1 amide bonds. The molecule has 1 aromatic carbocycles. The number of nitrogens with zero attached hydrogens (tertiary/aromatic N) is 1. The first-order valence-electron chi connectivity index (χ1n) is 6.62. The van der Waals surface area contributed by atoms with Crippen molar-refractivity contribution in [3.63, 3.8) is 0 Å². The van der Waals surface area contributed by atoms with Gasteiger partial charge in [0.2, 0.25) is 5.91 Å². The molecule has 21 heavy (non-hydrogen) atoms. The Balaban J connectivity index is 2.12. The number of carbonyl (C=O) groups excluding carboxylic acids is 1. The van der Waals surface area contributed by atoms with Crippen molar-refractivity contribution in [2.75, 3.05) is 18.4 Å². The molecule has 8 heteroatoms. The molecule has 0 bridgehead atoms. The number of nitro groups is 1. The number of hydrogen-bond donors (Lipinski definition) is 2. The number of rotatable bonds is 4. The summed E-state index contributed by atoms with van der Waals surface area (Å²) in [4.78, 5) is 21.8. The summed E-state index contributed by atoms with van der Waals surface area (Å²) in [5.74, 6) is -3.06. The quantitative estimate of drug-likeness (QED) is 0.659. The largest absolute Gasteiger partial charge is 0.318 e. The molecule has 6 nitrogen and oxygen atoms in total. The number of hydrogen-bond acceptors (Lipinski definition) is 4. The molecule has 1 fully saturated rings. The number of halogens is 2. The van der Waals surface area contributed by atoms with Gasteiger partial charge in [0.05, 0.1) is 4.92 Å². The fourth-order valence-electron chi connectivity index (χ4n) is 2.35. The van der Waals surface area contributed by atoms with Crippen molar-refractivity contribution >= 4 is 17.3 Å². The third-order valence-electron chi connectivity index (χ3n) is 3.47. The topological polar surface area (TPSA) is 84.3 Å². The molecule has 1 saturated heterocycles. The van der Waals surface area contributed by atoms with Crippen molar-refractivity contribution in [1.82, 2.24) is 5.32 Å². The van der Waals surface area contributed by atoms with E-state index in [0.717, 1.165) is 32.0 Å². The number of amides is 1. The van der Waals surface area contributed by atoms with Crippen LogP contribution in [0.3, 0.4) is 0 Å².